The molecular weight excluding hydrogens is 368 g/mol. The van der Waals surface area contributed by atoms with Crippen molar-refractivity contribution in [1.29, 1.82) is 0 Å². The summed E-state index contributed by atoms with van der Waals surface area (Å²) in [6, 6.07) is 18.1. The molecule has 146 valence electrons. The number of benzene rings is 2. The third-order valence-corrected chi connectivity index (χ3v) is 4.68. The van der Waals surface area contributed by atoms with Crippen molar-refractivity contribution in [3.8, 4) is 0 Å². The zero-order valence-electron chi connectivity index (χ0n) is 16.0. The lowest BCUT2D eigenvalue weighted by molar-refractivity contribution is 0.0526. The summed E-state index contributed by atoms with van der Waals surface area (Å²) < 4.78 is 4.97. The van der Waals surface area contributed by atoms with E-state index >= 15 is 0 Å². The molecule has 3 aromatic rings. The predicted octanol–water partition coefficient (Wildman–Crippen LogP) is 3.60. The molecule has 0 aliphatic carbocycles. The number of rotatable bonds is 5. The molecule has 2 aromatic carbocycles. The van der Waals surface area contributed by atoms with Gasteiger partial charge in [0, 0.05) is 17.9 Å². The smallest absolute Gasteiger partial charge is 0.338 e. The number of carbonyl (C=O) groups is 2. The summed E-state index contributed by atoms with van der Waals surface area (Å²) in [5.41, 5.74) is 3.63. The van der Waals surface area contributed by atoms with Crippen LogP contribution < -0.4 is 10.2 Å². The molecule has 1 amide bonds. The maximum atomic E-state index is 12.8. The van der Waals surface area contributed by atoms with Crippen molar-refractivity contribution in [1.82, 2.24) is 10.2 Å². The van der Waals surface area contributed by atoms with E-state index in [0.29, 0.717) is 30.2 Å². The van der Waals surface area contributed by atoms with Gasteiger partial charge >= 0.3 is 5.97 Å². The van der Waals surface area contributed by atoms with Gasteiger partial charge in [-0.3, -0.25) is 4.79 Å². The topological polar surface area (TPSA) is 84.4 Å². The lowest BCUT2D eigenvalue weighted by Crippen LogP contribution is -2.29. The first-order valence-electron chi connectivity index (χ1n) is 9.43. The Hall–Kier alpha value is -3.74. The van der Waals surface area contributed by atoms with E-state index in [1.165, 1.54) is 5.56 Å². The summed E-state index contributed by atoms with van der Waals surface area (Å²) in [5, 5.41) is 11.3. The molecule has 4 rings (SSSR count). The van der Waals surface area contributed by atoms with Gasteiger partial charge in [-0.15, -0.1) is 10.2 Å². The molecule has 0 saturated heterocycles. The SMILES string of the molecule is CCOC(=O)c1ccc(Nc2ccc(C(=O)N3CCc4ccccc43)nn2)cc1. The van der Waals surface area contributed by atoms with Crippen molar-refractivity contribution in [2.75, 3.05) is 23.4 Å². The van der Waals surface area contributed by atoms with Crippen molar-refractivity contribution in [2.24, 2.45) is 0 Å². The van der Waals surface area contributed by atoms with Gasteiger partial charge in [-0.2, -0.15) is 0 Å². The standard InChI is InChI=1S/C22H20N4O3/c1-2-29-22(28)16-7-9-17(10-8-16)23-20-12-11-18(24-25-20)21(27)26-14-13-15-5-3-4-6-19(15)26/h3-12H,2,13-14H2,1H3,(H,23,25). The van der Waals surface area contributed by atoms with Crippen molar-refractivity contribution < 1.29 is 14.3 Å². The van der Waals surface area contributed by atoms with Crippen LogP contribution in [0.2, 0.25) is 0 Å². The van der Waals surface area contributed by atoms with Crippen molar-refractivity contribution in [3.05, 3.63) is 77.5 Å². The number of carbonyl (C=O) groups excluding carboxylic acids is 2. The van der Waals surface area contributed by atoms with Crippen LogP contribution in [0.3, 0.4) is 0 Å². The number of amides is 1. The molecule has 7 nitrogen and oxygen atoms in total. The monoisotopic (exact) mass is 388 g/mol. The second-order valence-electron chi connectivity index (χ2n) is 6.56. The number of para-hydroxylation sites is 1. The fourth-order valence-corrected chi connectivity index (χ4v) is 3.25. The second-order valence-corrected chi connectivity index (χ2v) is 6.56. The number of ether oxygens (including phenoxy) is 1. The minimum atomic E-state index is -0.356. The van der Waals surface area contributed by atoms with Gasteiger partial charge in [0.1, 0.15) is 0 Å². The number of anilines is 3. The summed E-state index contributed by atoms with van der Waals surface area (Å²) in [4.78, 5) is 26.2. The maximum Gasteiger partial charge on any atom is 0.338 e. The van der Waals surface area contributed by atoms with Gasteiger partial charge in [-0.1, -0.05) is 18.2 Å². The fraction of sp³-hybridized carbons (Fsp3) is 0.182. The average Bonchev–Trinajstić information content (AvgIpc) is 3.19. The summed E-state index contributed by atoms with van der Waals surface area (Å²) in [5.74, 6) is -0.00904. The van der Waals surface area contributed by atoms with Crippen LogP contribution >= 0.6 is 0 Å². The quantitative estimate of drug-likeness (QED) is 0.673. The zero-order valence-corrected chi connectivity index (χ0v) is 16.0. The van der Waals surface area contributed by atoms with Crippen LogP contribution in [0.25, 0.3) is 0 Å². The van der Waals surface area contributed by atoms with E-state index in [2.05, 4.69) is 15.5 Å². The Bertz CT molecular complexity index is 1030. The molecular formula is C22H20N4O3. The molecule has 1 N–H and O–H groups in total. The maximum absolute atomic E-state index is 12.8. The van der Waals surface area contributed by atoms with Gasteiger partial charge in [0.2, 0.25) is 0 Å². The zero-order chi connectivity index (χ0) is 20.2. The number of fused-ring (bicyclic) bond motifs is 1. The molecule has 1 aromatic heterocycles. The highest BCUT2D eigenvalue weighted by Crippen LogP contribution is 2.28. The van der Waals surface area contributed by atoms with E-state index in [0.717, 1.165) is 17.8 Å². The minimum Gasteiger partial charge on any atom is -0.462 e. The van der Waals surface area contributed by atoms with Crippen LogP contribution in [-0.2, 0) is 11.2 Å². The first kappa shape index (κ1) is 18.6. The third kappa shape index (κ3) is 3.94. The molecule has 2 heterocycles. The molecule has 0 saturated carbocycles. The normalized spacial score (nSPS) is 12.4. The molecule has 0 radical (unpaired) electrons. The van der Waals surface area contributed by atoms with Gasteiger partial charge in [0.15, 0.2) is 11.5 Å². The number of nitrogens with zero attached hydrogens (tertiary/aromatic N) is 3. The summed E-state index contributed by atoms with van der Waals surface area (Å²) in [7, 11) is 0. The highest BCUT2D eigenvalue weighted by atomic mass is 16.5. The molecule has 1 aliphatic rings. The van der Waals surface area contributed by atoms with E-state index in [1.54, 1.807) is 48.2 Å². The Morgan fingerprint density at radius 1 is 1.03 bits per heavy atom. The number of hydrogen-bond acceptors (Lipinski definition) is 6. The van der Waals surface area contributed by atoms with Gasteiger partial charge in [-0.25, -0.2) is 4.79 Å². The summed E-state index contributed by atoms with van der Waals surface area (Å²) in [6.07, 6.45) is 0.844. The molecule has 0 spiro atoms. The van der Waals surface area contributed by atoms with Gasteiger partial charge < -0.3 is 15.0 Å². The van der Waals surface area contributed by atoms with Crippen LogP contribution in [0.1, 0.15) is 33.3 Å². The highest BCUT2D eigenvalue weighted by molar-refractivity contribution is 6.06. The predicted molar refractivity (Wildman–Crippen MR) is 110 cm³/mol. The van der Waals surface area contributed by atoms with E-state index in [4.69, 9.17) is 4.74 Å². The van der Waals surface area contributed by atoms with E-state index in [9.17, 15) is 9.59 Å². The number of esters is 1. The largest absolute Gasteiger partial charge is 0.462 e. The molecule has 7 heteroatoms. The highest BCUT2D eigenvalue weighted by Gasteiger charge is 2.26. The van der Waals surface area contributed by atoms with Crippen molar-refractivity contribution in [2.45, 2.75) is 13.3 Å². The fourth-order valence-electron chi connectivity index (χ4n) is 3.25. The van der Waals surface area contributed by atoms with Crippen LogP contribution in [0.5, 0.6) is 0 Å². The van der Waals surface area contributed by atoms with Crippen LogP contribution in [0.4, 0.5) is 17.2 Å². The third-order valence-electron chi connectivity index (χ3n) is 4.68. The molecule has 0 unspecified atom stereocenters. The minimum absolute atomic E-state index is 0.159. The van der Waals surface area contributed by atoms with Crippen LogP contribution in [0, 0.1) is 0 Å². The first-order valence-corrected chi connectivity index (χ1v) is 9.43. The first-order chi connectivity index (χ1) is 14.2. The van der Waals surface area contributed by atoms with Gasteiger partial charge in [-0.05, 0) is 61.4 Å². The molecule has 1 aliphatic heterocycles. The Morgan fingerprint density at radius 2 is 1.83 bits per heavy atom. The van der Waals surface area contributed by atoms with Gasteiger partial charge in [0.05, 0.1) is 12.2 Å². The van der Waals surface area contributed by atoms with Crippen LogP contribution in [-0.4, -0.2) is 35.2 Å². The Balaban J connectivity index is 1.43. The van der Waals surface area contributed by atoms with Crippen molar-refractivity contribution >= 4 is 29.1 Å². The lowest BCUT2D eigenvalue weighted by atomic mass is 10.2. The molecule has 0 atom stereocenters. The Morgan fingerprint density at radius 3 is 2.55 bits per heavy atom. The summed E-state index contributed by atoms with van der Waals surface area (Å²) >= 11 is 0. The lowest BCUT2D eigenvalue weighted by Gasteiger charge is -2.16. The average molecular weight is 388 g/mol. The van der Waals surface area contributed by atoms with E-state index in [1.807, 2.05) is 24.3 Å². The van der Waals surface area contributed by atoms with Gasteiger partial charge in [0.25, 0.3) is 5.91 Å². The molecule has 29 heavy (non-hydrogen) atoms. The second kappa shape index (κ2) is 8.10. The molecule has 0 fully saturated rings. The Labute approximate surface area is 168 Å². The summed E-state index contributed by atoms with van der Waals surface area (Å²) in [6.45, 7) is 2.75. The number of aromatic nitrogens is 2. The van der Waals surface area contributed by atoms with Crippen LogP contribution in [0.15, 0.2) is 60.7 Å². The van der Waals surface area contributed by atoms with E-state index < -0.39 is 0 Å². The number of nitrogens with one attached hydrogen (secondary N) is 1. The number of hydrogen-bond donors (Lipinski definition) is 1. The van der Waals surface area contributed by atoms with E-state index in [-0.39, 0.29) is 11.9 Å². The van der Waals surface area contributed by atoms with Crippen molar-refractivity contribution in [3.63, 3.8) is 0 Å². The Kier molecular flexibility index (Phi) is 5.20. The molecule has 0 bridgehead atoms.